The minimum atomic E-state index is 0.136. The molecular formula is C14H21N3O. The minimum Gasteiger partial charge on any atom is -0.384 e. The summed E-state index contributed by atoms with van der Waals surface area (Å²) in [6.07, 6.45) is 2.43. The number of amidine groups is 1. The number of ether oxygens (including phenoxy) is 1. The van der Waals surface area contributed by atoms with Gasteiger partial charge in [-0.3, -0.25) is 5.41 Å². The van der Waals surface area contributed by atoms with Crippen LogP contribution in [0.15, 0.2) is 18.2 Å². The third-order valence-corrected chi connectivity index (χ3v) is 3.28. The Hall–Kier alpha value is -1.55. The first kappa shape index (κ1) is 12.9. The zero-order valence-corrected chi connectivity index (χ0v) is 11.1. The van der Waals surface area contributed by atoms with Gasteiger partial charge in [0.05, 0.1) is 6.61 Å². The van der Waals surface area contributed by atoms with Crippen molar-refractivity contribution in [1.29, 1.82) is 5.41 Å². The summed E-state index contributed by atoms with van der Waals surface area (Å²) in [6.45, 7) is 3.57. The van der Waals surface area contributed by atoms with Crippen LogP contribution in [0.4, 0.5) is 5.69 Å². The second kappa shape index (κ2) is 5.40. The molecule has 4 nitrogen and oxygen atoms in total. The number of nitrogens with zero attached hydrogens (tertiary/aromatic N) is 1. The number of rotatable bonds is 6. The molecule has 0 bridgehead atoms. The minimum absolute atomic E-state index is 0.136. The lowest BCUT2D eigenvalue weighted by atomic mass is 10.1. The Morgan fingerprint density at radius 2 is 2.22 bits per heavy atom. The molecule has 0 atom stereocenters. The van der Waals surface area contributed by atoms with Crippen LogP contribution in [0, 0.1) is 12.3 Å². The van der Waals surface area contributed by atoms with Gasteiger partial charge in [0.2, 0.25) is 0 Å². The number of hydrogen-bond acceptors (Lipinski definition) is 3. The molecule has 0 spiro atoms. The van der Waals surface area contributed by atoms with Gasteiger partial charge in [0.15, 0.2) is 0 Å². The van der Waals surface area contributed by atoms with Crippen molar-refractivity contribution in [1.82, 2.24) is 0 Å². The lowest BCUT2D eigenvalue weighted by Crippen LogP contribution is -2.31. The van der Waals surface area contributed by atoms with Crippen LogP contribution >= 0.6 is 0 Å². The summed E-state index contributed by atoms with van der Waals surface area (Å²) in [5.74, 6) is 0.136. The first-order valence-corrected chi connectivity index (χ1v) is 6.34. The molecule has 98 valence electrons. The highest BCUT2D eigenvalue weighted by Crippen LogP contribution is 2.33. The predicted octanol–water partition coefficient (Wildman–Crippen LogP) is 1.89. The average Bonchev–Trinajstić information content (AvgIpc) is 3.15. The smallest absolute Gasteiger partial charge is 0.124 e. The van der Waals surface area contributed by atoms with Crippen LogP contribution in [0.3, 0.4) is 0 Å². The summed E-state index contributed by atoms with van der Waals surface area (Å²) in [4.78, 5) is 2.32. The average molecular weight is 247 g/mol. The molecule has 0 amide bonds. The molecule has 2 rings (SSSR count). The molecule has 1 aliphatic carbocycles. The largest absolute Gasteiger partial charge is 0.384 e. The number of nitrogen functional groups attached to an aromatic ring is 1. The molecule has 1 saturated carbocycles. The molecule has 0 heterocycles. The van der Waals surface area contributed by atoms with Crippen molar-refractivity contribution in [3.8, 4) is 0 Å². The molecule has 18 heavy (non-hydrogen) atoms. The predicted molar refractivity (Wildman–Crippen MR) is 74.4 cm³/mol. The van der Waals surface area contributed by atoms with Crippen molar-refractivity contribution in [3.05, 3.63) is 29.3 Å². The van der Waals surface area contributed by atoms with Gasteiger partial charge in [-0.05, 0) is 31.9 Å². The second-order valence-electron chi connectivity index (χ2n) is 4.85. The Bertz CT molecular complexity index is 441. The van der Waals surface area contributed by atoms with Gasteiger partial charge in [-0.2, -0.15) is 0 Å². The van der Waals surface area contributed by atoms with Gasteiger partial charge < -0.3 is 15.4 Å². The van der Waals surface area contributed by atoms with E-state index in [9.17, 15) is 0 Å². The lowest BCUT2D eigenvalue weighted by molar-refractivity contribution is 0.205. The molecule has 4 heteroatoms. The van der Waals surface area contributed by atoms with E-state index in [1.807, 2.05) is 13.0 Å². The molecule has 1 aromatic rings. The number of methoxy groups -OCH3 is 1. The molecular weight excluding hydrogens is 226 g/mol. The van der Waals surface area contributed by atoms with Gasteiger partial charge >= 0.3 is 0 Å². The van der Waals surface area contributed by atoms with Crippen LogP contribution < -0.4 is 10.6 Å². The van der Waals surface area contributed by atoms with E-state index in [0.29, 0.717) is 12.6 Å². The van der Waals surface area contributed by atoms with E-state index in [0.717, 1.165) is 23.4 Å². The first-order chi connectivity index (χ1) is 8.63. The van der Waals surface area contributed by atoms with E-state index in [-0.39, 0.29) is 5.84 Å². The molecule has 0 saturated heterocycles. The summed E-state index contributed by atoms with van der Waals surface area (Å²) in [5, 5.41) is 7.72. The number of nitrogens with one attached hydrogen (secondary N) is 1. The number of nitrogens with two attached hydrogens (primary N) is 1. The number of aryl methyl sites for hydroxylation is 1. The highest BCUT2D eigenvalue weighted by Gasteiger charge is 2.30. The van der Waals surface area contributed by atoms with Crippen molar-refractivity contribution in [3.63, 3.8) is 0 Å². The van der Waals surface area contributed by atoms with Crippen LogP contribution in [-0.4, -0.2) is 32.1 Å². The molecule has 0 unspecified atom stereocenters. The second-order valence-corrected chi connectivity index (χ2v) is 4.85. The summed E-state index contributed by atoms with van der Waals surface area (Å²) < 4.78 is 5.17. The summed E-state index contributed by atoms with van der Waals surface area (Å²) >= 11 is 0. The summed E-state index contributed by atoms with van der Waals surface area (Å²) in [6, 6.07) is 6.71. The van der Waals surface area contributed by atoms with E-state index in [4.69, 9.17) is 15.9 Å². The van der Waals surface area contributed by atoms with Crippen LogP contribution in [0.25, 0.3) is 0 Å². The number of hydrogen-bond donors (Lipinski definition) is 2. The fourth-order valence-electron chi connectivity index (χ4n) is 2.19. The molecule has 1 aliphatic rings. The Morgan fingerprint density at radius 1 is 1.50 bits per heavy atom. The maximum absolute atomic E-state index is 7.72. The van der Waals surface area contributed by atoms with E-state index in [1.54, 1.807) is 7.11 Å². The van der Waals surface area contributed by atoms with Crippen molar-refractivity contribution in [2.75, 3.05) is 25.2 Å². The Balaban J connectivity index is 2.30. The maximum Gasteiger partial charge on any atom is 0.124 e. The number of anilines is 1. The molecule has 0 aromatic heterocycles. The van der Waals surface area contributed by atoms with Gasteiger partial charge in [0, 0.05) is 30.9 Å². The van der Waals surface area contributed by atoms with Crippen molar-refractivity contribution < 1.29 is 4.74 Å². The van der Waals surface area contributed by atoms with Gasteiger partial charge in [0.25, 0.3) is 0 Å². The zero-order chi connectivity index (χ0) is 13.1. The molecule has 0 aliphatic heterocycles. The standard InChI is InChI=1S/C14H21N3O/c1-10-3-6-13(12(9-10)14(15)16)17(7-8-18-2)11-4-5-11/h3,6,9,11H,4-5,7-8H2,1-2H3,(H3,15,16). The van der Waals surface area contributed by atoms with Crippen LogP contribution in [0.5, 0.6) is 0 Å². The maximum atomic E-state index is 7.72. The number of benzene rings is 1. The monoisotopic (exact) mass is 247 g/mol. The first-order valence-electron chi connectivity index (χ1n) is 6.34. The quantitative estimate of drug-likeness (QED) is 0.596. The highest BCUT2D eigenvalue weighted by atomic mass is 16.5. The van der Waals surface area contributed by atoms with E-state index in [1.165, 1.54) is 12.8 Å². The molecule has 1 fully saturated rings. The Kier molecular flexibility index (Phi) is 3.87. The topological polar surface area (TPSA) is 62.3 Å². The zero-order valence-electron chi connectivity index (χ0n) is 11.1. The Morgan fingerprint density at radius 3 is 2.78 bits per heavy atom. The van der Waals surface area contributed by atoms with Crippen molar-refractivity contribution in [2.45, 2.75) is 25.8 Å². The summed E-state index contributed by atoms with van der Waals surface area (Å²) in [5.41, 5.74) is 8.72. The van der Waals surface area contributed by atoms with E-state index >= 15 is 0 Å². The molecule has 3 N–H and O–H groups in total. The fourth-order valence-corrected chi connectivity index (χ4v) is 2.19. The van der Waals surface area contributed by atoms with E-state index in [2.05, 4.69) is 17.0 Å². The lowest BCUT2D eigenvalue weighted by Gasteiger charge is -2.26. The highest BCUT2D eigenvalue weighted by molar-refractivity contribution is 6.00. The molecule has 1 aromatic carbocycles. The van der Waals surface area contributed by atoms with Gasteiger partial charge in [-0.15, -0.1) is 0 Å². The fraction of sp³-hybridized carbons (Fsp3) is 0.500. The third-order valence-electron chi connectivity index (χ3n) is 3.28. The third kappa shape index (κ3) is 2.82. The van der Waals surface area contributed by atoms with Crippen LogP contribution in [0.2, 0.25) is 0 Å². The molecule has 0 radical (unpaired) electrons. The van der Waals surface area contributed by atoms with Gasteiger partial charge in [0.1, 0.15) is 5.84 Å². The van der Waals surface area contributed by atoms with Crippen LogP contribution in [-0.2, 0) is 4.74 Å². The normalized spacial score (nSPS) is 14.6. The van der Waals surface area contributed by atoms with E-state index < -0.39 is 0 Å². The van der Waals surface area contributed by atoms with Crippen molar-refractivity contribution >= 4 is 11.5 Å². The Labute approximate surface area is 108 Å². The van der Waals surface area contributed by atoms with Gasteiger partial charge in [-0.25, -0.2) is 0 Å². The van der Waals surface area contributed by atoms with Crippen LogP contribution in [0.1, 0.15) is 24.0 Å². The SMILES string of the molecule is COCCN(c1ccc(C)cc1C(=N)N)C1CC1. The summed E-state index contributed by atoms with van der Waals surface area (Å²) in [7, 11) is 1.71. The van der Waals surface area contributed by atoms with Crippen molar-refractivity contribution in [2.24, 2.45) is 5.73 Å². The van der Waals surface area contributed by atoms with Gasteiger partial charge in [-0.1, -0.05) is 11.6 Å².